The van der Waals surface area contributed by atoms with E-state index >= 15 is 0 Å². The Labute approximate surface area is 126 Å². The Morgan fingerprint density at radius 1 is 1.30 bits per heavy atom. The first kappa shape index (κ1) is 14.4. The molecule has 3 nitrogen and oxygen atoms in total. The molecule has 0 aliphatic heterocycles. The van der Waals surface area contributed by atoms with Crippen LogP contribution in [0.25, 0.3) is 0 Å². The maximum Gasteiger partial charge on any atom is 0.262 e. The van der Waals surface area contributed by atoms with Crippen LogP contribution >= 0.6 is 22.9 Å². The molecule has 1 aromatic heterocycles. The van der Waals surface area contributed by atoms with Crippen LogP contribution in [0.3, 0.4) is 0 Å². The highest BCUT2D eigenvalue weighted by Gasteiger charge is 2.06. The van der Waals surface area contributed by atoms with E-state index < -0.39 is 0 Å². The number of hydrogen-bond acceptors (Lipinski definition) is 3. The molecule has 2 rings (SSSR count). The molecule has 102 valence electrons. The van der Waals surface area contributed by atoms with E-state index in [1.807, 2.05) is 24.3 Å². The molecule has 0 unspecified atom stereocenters. The normalized spacial score (nSPS) is 9.50. The summed E-state index contributed by atoms with van der Waals surface area (Å²) >= 11 is 7.02. The average molecular weight is 306 g/mol. The number of rotatable bonds is 3. The zero-order chi connectivity index (χ0) is 14.4. The Hall–Kier alpha value is -1.96. The third kappa shape index (κ3) is 4.02. The Bertz CT molecular complexity index is 653. The van der Waals surface area contributed by atoms with Gasteiger partial charge < -0.3 is 10.1 Å². The average Bonchev–Trinajstić information content (AvgIpc) is 2.91. The van der Waals surface area contributed by atoms with E-state index in [0.29, 0.717) is 15.8 Å². The summed E-state index contributed by atoms with van der Waals surface area (Å²) in [5.41, 5.74) is 0.874. The van der Waals surface area contributed by atoms with E-state index in [4.69, 9.17) is 16.3 Å². The first-order valence-electron chi connectivity index (χ1n) is 5.85. The molecule has 0 saturated heterocycles. The minimum atomic E-state index is -0.161. The van der Waals surface area contributed by atoms with Crippen molar-refractivity contribution in [2.45, 2.75) is 0 Å². The van der Waals surface area contributed by atoms with Crippen LogP contribution in [0, 0.1) is 11.8 Å². The number of hydrogen-bond donors (Lipinski definition) is 1. The molecule has 1 amide bonds. The minimum absolute atomic E-state index is 0.161. The van der Waals surface area contributed by atoms with Crippen molar-refractivity contribution >= 4 is 28.8 Å². The smallest absolute Gasteiger partial charge is 0.262 e. The van der Waals surface area contributed by atoms with Gasteiger partial charge in [0.2, 0.25) is 0 Å². The summed E-state index contributed by atoms with van der Waals surface area (Å²) in [5.74, 6) is 6.49. The number of methoxy groups -OCH3 is 1. The number of carbonyl (C=O) groups excluding carboxylic acids is 1. The molecule has 1 aromatic carbocycles. The molecule has 1 N–H and O–H groups in total. The van der Waals surface area contributed by atoms with Gasteiger partial charge in [0, 0.05) is 5.56 Å². The second-order valence-electron chi connectivity index (χ2n) is 3.82. The summed E-state index contributed by atoms with van der Waals surface area (Å²) < 4.78 is 5.66. The quantitative estimate of drug-likeness (QED) is 0.885. The van der Waals surface area contributed by atoms with Crippen molar-refractivity contribution in [1.82, 2.24) is 5.32 Å². The molecule has 0 aliphatic rings. The lowest BCUT2D eigenvalue weighted by molar-refractivity contribution is 0.0962. The van der Waals surface area contributed by atoms with Crippen LogP contribution in [0.1, 0.15) is 15.2 Å². The van der Waals surface area contributed by atoms with Gasteiger partial charge in [0.15, 0.2) is 0 Å². The van der Waals surface area contributed by atoms with Crippen molar-refractivity contribution in [3.05, 3.63) is 51.2 Å². The number of carbonyl (C=O) groups is 1. The fourth-order valence-corrected chi connectivity index (χ4v) is 2.43. The number of halogens is 1. The van der Waals surface area contributed by atoms with Gasteiger partial charge in [-0.05, 0) is 36.4 Å². The summed E-state index contributed by atoms with van der Waals surface area (Å²) in [4.78, 5) is 12.3. The van der Waals surface area contributed by atoms with Crippen LogP contribution in [-0.2, 0) is 0 Å². The summed E-state index contributed by atoms with van der Waals surface area (Å²) in [6.07, 6.45) is 0. The van der Waals surface area contributed by atoms with E-state index in [1.54, 1.807) is 19.2 Å². The van der Waals surface area contributed by atoms with E-state index in [-0.39, 0.29) is 5.91 Å². The predicted octanol–water partition coefficient (Wildman–Crippen LogP) is 3.19. The number of nitrogens with one attached hydrogen (secondary N) is 1. The molecule has 0 saturated carbocycles. The Kier molecular flexibility index (Phi) is 5.05. The third-order valence-electron chi connectivity index (χ3n) is 2.46. The topological polar surface area (TPSA) is 38.3 Å². The van der Waals surface area contributed by atoms with Gasteiger partial charge in [-0.1, -0.05) is 23.4 Å². The summed E-state index contributed by atoms with van der Waals surface area (Å²) in [5, 5.41) is 2.72. The van der Waals surface area contributed by atoms with Crippen molar-refractivity contribution in [2.24, 2.45) is 0 Å². The van der Waals surface area contributed by atoms with Crippen molar-refractivity contribution in [3.8, 4) is 17.6 Å². The van der Waals surface area contributed by atoms with E-state index in [2.05, 4.69) is 17.2 Å². The van der Waals surface area contributed by atoms with E-state index in [1.165, 1.54) is 11.3 Å². The Balaban J connectivity index is 1.86. The summed E-state index contributed by atoms with van der Waals surface area (Å²) in [7, 11) is 1.62. The van der Waals surface area contributed by atoms with Crippen LogP contribution in [0.4, 0.5) is 0 Å². The molecule has 0 atom stereocenters. The first-order chi connectivity index (χ1) is 9.69. The highest BCUT2D eigenvalue weighted by atomic mass is 35.5. The van der Waals surface area contributed by atoms with Gasteiger partial charge in [0.05, 0.1) is 22.9 Å². The lowest BCUT2D eigenvalue weighted by atomic mass is 10.2. The van der Waals surface area contributed by atoms with E-state index in [0.717, 1.165) is 11.3 Å². The van der Waals surface area contributed by atoms with Gasteiger partial charge in [0.25, 0.3) is 5.91 Å². The standard InChI is InChI=1S/C15H12ClNO2S/c1-19-12-6-4-11(5-7-12)3-2-10-17-15(18)13-8-9-14(16)20-13/h4-9H,10H2,1H3,(H,17,18). The number of benzene rings is 1. The highest BCUT2D eigenvalue weighted by Crippen LogP contribution is 2.20. The molecule has 0 bridgehead atoms. The van der Waals surface area contributed by atoms with Gasteiger partial charge in [-0.2, -0.15) is 0 Å². The fourth-order valence-electron chi connectivity index (χ4n) is 1.47. The fraction of sp³-hybridized carbons (Fsp3) is 0.133. The molecule has 1 heterocycles. The van der Waals surface area contributed by atoms with Crippen molar-refractivity contribution in [3.63, 3.8) is 0 Å². The predicted molar refractivity (Wildman–Crippen MR) is 81.5 cm³/mol. The molecule has 5 heteroatoms. The number of amides is 1. The molecular formula is C15H12ClNO2S. The minimum Gasteiger partial charge on any atom is -0.497 e. The maximum absolute atomic E-state index is 11.7. The number of ether oxygens (including phenoxy) is 1. The highest BCUT2D eigenvalue weighted by molar-refractivity contribution is 7.17. The van der Waals surface area contributed by atoms with Crippen LogP contribution in [0.2, 0.25) is 4.34 Å². The van der Waals surface area contributed by atoms with Crippen molar-refractivity contribution < 1.29 is 9.53 Å². The molecule has 2 aromatic rings. The second-order valence-corrected chi connectivity index (χ2v) is 5.53. The van der Waals surface area contributed by atoms with E-state index in [9.17, 15) is 4.79 Å². The monoisotopic (exact) mass is 305 g/mol. The van der Waals surface area contributed by atoms with Crippen molar-refractivity contribution in [2.75, 3.05) is 13.7 Å². The van der Waals surface area contributed by atoms with Gasteiger partial charge in [-0.25, -0.2) is 0 Å². The molecule has 20 heavy (non-hydrogen) atoms. The summed E-state index contributed by atoms with van der Waals surface area (Å²) in [6.45, 7) is 0.292. The largest absolute Gasteiger partial charge is 0.497 e. The molecule has 0 fully saturated rings. The Morgan fingerprint density at radius 2 is 2.05 bits per heavy atom. The third-order valence-corrected chi connectivity index (χ3v) is 3.69. The first-order valence-corrected chi connectivity index (χ1v) is 7.05. The van der Waals surface area contributed by atoms with Gasteiger partial charge >= 0.3 is 0 Å². The zero-order valence-electron chi connectivity index (χ0n) is 10.8. The summed E-state index contributed by atoms with van der Waals surface area (Å²) in [6, 6.07) is 10.8. The van der Waals surface area contributed by atoms with Gasteiger partial charge in [-0.3, -0.25) is 4.79 Å². The SMILES string of the molecule is COc1ccc(C#CCNC(=O)c2ccc(Cl)s2)cc1. The maximum atomic E-state index is 11.7. The molecule has 0 aliphatic carbocycles. The Morgan fingerprint density at radius 3 is 2.65 bits per heavy atom. The van der Waals surface area contributed by atoms with Gasteiger partial charge in [0.1, 0.15) is 5.75 Å². The van der Waals surface area contributed by atoms with Crippen molar-refractivity contribution in [1.29, 1.82) is 0 Å². The second kappa shape index (κ2) is 6.99. The molecule has 0 spiro atoms. The van der Waals surface area contributed by atoms with Gasteiger partial charge in [-0.15, -0.1) is 11.3 Å². The lowest BCUT2D eigenvalue weighted by Crippen LogP contribution is -2.22. The van der Waals surface area contributed by atoms with Crippen LogP contribution in [0.5, 0.6) is 5.75 Å². The zero-order valence-corrected chi connectivity index (χ0v) is 12.3. The van der Waals surface area contributed by atoms with Crippen LogP contribution in [-0.4, -0.2) is 19.6 Å². The van der Waals surface area contributed by atoms with Crippen LogP contribution in [0.15, 0.2) is 36.4 Å². The molecule has 0 radical (unpaired) electrons. The lowest BCUT2D eigenvalue weighted by Gasteiger charge is -1.98. The van der Waals surface area contributed by atoms with Crippen LogP contribution < -0.4 is 10.1 Å². The molecular weight excluding hydrogens is 294 g/mol. The number of thiophene rings is 1.